The maximum absolute atomic E-state index is 13.8. The van der Waals surface area contributed by atoms with E-state index in [1.807, 2.05) is 42.5 Å². The second-order valence-corrected chi connectivity index (χ2v) is 7.79. The molecule has 1 heterocycles. The molecule has 3 aromatic carbocycles. The summed E-state index contributed by atoms with van der Waals surface area (Å²) in [5, 5.41) is 3.39. The third-order valence-electron chi connectivity index (χ3n) is 5.89. The second kappa shape index (κ2) is 8.62. The van der Waals surface area contributed by atoms with Gasteiger partial charge in [0.1, 0.15) is 0 Å². The van der Waals surface area contributed by atoms with Crippen LogP contribution in [-0.2, 0) is 14.9 Å². The van der Waals surface area contributed by atoms with E-state index in [9.17, 15) is 4.79 Å². The molecule has 3 heteroatoms. The largest absolute Gasteiger partial charge is 0.381 e. The maximum Gasteiger partial charge on any atom is 0.231 e. The molecule has 4 rings (SSSR count). The minimum Gasteiger partial charge on any atom is -0.381 e. The molecule has 148 valence electrons. The van der Waals surface area contributed by atoms with E-state index in [1.165, 1.54) is 5.56 Å². The van der Waals surface area contributed by atoms with Crippen molar-refractivity contribution >= 4 is 5.91 Å². The summed E-state index contributed by atoms with van der Waals surface area (Å²) >= 11 is 0. The number of hydrogen-bond donors (Lipinski definition) is 1. The summed E-state index contributed by atoms with van der Waals surface area (Å²) in [6.07, 6.45) is 1.39. The molecule has 0 bridgehead atoms. The fourth-order valence-electron chi connectivity index (χ4n) is 4.25. The summed E-state index contributed by atoms with van der Waals surface area (Å²) < 4.78 is 5.61. The molecule has 0 saturated carbocycles. The van der Waals surface area contributed by atoms with Crippen LogP contribution in [0.1, 0.15) is 41.1 Å². The van der Waals surface area contributed by atoms with Gasteiger partial charge < -0.3 is 10.1 Å². The minimum absolute atomic E-state index is 0.0716. The smallest absolute Gasteiger partial charge is 0.231 e. The summed E-state index contributed by atoms with van der Waals surface area (Å²) in [5.41, 5.74) is 3.87. The zero-order chi connectivity index (χ0) is 20.1. The molecule has 1 aliphatic heterocycles. The molecule has 1 atom stereocenters. The third-order valence-corrected chi connectivity index (χ3v) is 5.89. The lowest BCUT2D eigenvalue weighted by molar-refractivity contribution is -0.131. The minimum atomic E-state index is -0.559. The number of nitrogens with one attached hydrogen (secondary N) is 1. The van der Waals surface area contributed by atoms with Crippen LogP contribution in [0.5, 0.6) is 0 Å². The SMILES string of the molecule is Cc1cccc([C@H](NC(=O)C2(c3ccccc3)CCOCC2)c2ccccc2)c1. The molecule has 1 saturated heterocycles. The van der Waals surface area contributed by atoms with Crippen LogP contribution >= 0.6 is 0 Å². The standard InChI is InChI=1S/C26H27NO2/c1-20-9-8-12-22(19-20)24(21-10-4-2-5-11-21)27-25(28)26(15-17-29-18-16-26)23-13-6-3-7-14-23/h2-14,19,24H,15-18H2,1H3,(H,27,28)/t24-/m1/s1. The van der Waals surface area contributed by atoms with E-state index in [1.54, 1.807) is 0 Å². The normalized spacial score (nSPS) is 16.7. The number of carbonyl (C=O) groups excluding carboxylic acids is 1. The molecular formula is C26H27NO2. The van der Waals surface area contributed by atoms with E-state index in [4.69, 9.17) is 4.74 Å². The predicted molar refractivity (Wildman–Crippen MR) is 116 cm³/mol. The van der Waals surface area contributed by atoms with Crippen LogP contribution < -0.4 is 5.32 Å². The first-order valence-electron chi connectivity index (χ1n) is 10.2. The maximum atomic E-state index is 13.8. The quantitative estimate of drug-likeness (QED) is 0.675. The Morgan fingerprint density at radius 2 is 1.48 bits per heavy atom. The molecule has 3 nitrogen and oxygen atoms in total. The highest BCUT2D eigenvalue weighted by Gasteiger charge is 2.42. The zero-order valence-electron chi connectivity index (χ0n) is 16.8. The number of amides is 1. The van der Waals surface area contributed by atoms with Crippen LogP contribution in [0, 0.1) is 6.92 Å². The number of rotatable bonds is 5. The lowest BCUT2D eigenvalue weighted by Gasteiger charge is -2.37. The van der Waals surface area contributed by atoms with Crippen LogP contribution in [0.15, 0.2) is 84.9 Å². The Kier molecular flexibility index (Phi) is 5.77. The van der Waals surface area contributed by atoms with Crippen LogP contribution in [-0.4, -0.2) is 19.1 Å². The molecule has 1 amide bonds. The van der Waals surface area contributed by atoms with Crippen molar-refractivity contribution in [2.45, 2.75) is 31.2 Å². The molecular weight excluding hydrogens is 358 g/mol. The highest BCUT2D eigenvalue weighted by atomic mass is 16.5. The molecule has 0 spiro atoms. The molecule has 1 aliphatic rings. The van der Waals surface area contributed by atoms with E-state index in [-0.39, 0.29) is 11.9 Å². The molecule has 29 heavy (non-hydrogen) atoms. The van der Waals surface area contributed by atoms with Gasteiger partial charge in [0.25, 0.3) is 0 Å². The van der Waals surface area contributed by atoms with E-state index in [0.29, 0.717) is 26.1 Å². The van der Waals surface area contributed by atoms with Gasteiger partial charge in [0.05, 0.1) is 11.5 Å². The van der Waals surface area contributed by atoms with E-state index >= 15 is 0 Å². The van der Waals surface area contributed by atoms with Gasteiger partial charge >= 0.3 is 0 Å². The van der Waals surface area contributed by atoms with Gasteiger partial charge in [0.15, 0.2) is 0 Å². The first kappa shape index (κ1) is 19.4. The van der Waals surface area contributed by atoms with Crippen LogP contribution in [0.4, 0.5) is 0 Å². The first-order valence-corrected chi connectivity index (χ1v) is 10.2. The Hall–Kier alpha value is -2.91. The highest BCUT2D eigenvalue weighted by molar-refractivity contribution is 5.89. The van der Waals surface area contributed by atoms with Crippen molar-refractivity contribution in [3.63, 3.8) is 0 Å². The zero-order valence-corrected chi connectivity index (χ0v) is 16.8. The lowest BCUT2D eigenvalue weighted by Crippen LogP contribution is -2.49. The average Bonchev–Trinajstić information content (AvgIpc) is 2.79. The second-order valence-electron chi connectivity index (χ2n) is 7.79. The first-order chi connectivity index (χ1) is 14.2. The number of carbonyl (C=O) groups is 1. The van der Waals surface area contributed by atoms with Crippen molar-refractivity contribution in [1.82, 2.24) is 5.32 Å². The van der Waals surface area contributed by atoms with Gasteiger partial charge in [0.2, 0.25) is 5.91 Å². The molecule has 0 aliphatic carbocycles. The van der Waals surface area contributed by atoms with E-state index in [2.05, 4.69) is 54.7 Å². The van der Waals surface area contributed by atoms with E-state index < -0.39 is 5.41 Å². The third kappa shape index (κ3) is 4.10. The number of benzene rings is 3. The average molecular weight is 386 g/mol. The number of aryl methyl sites for hydroxylation is 1. The van der Waals surface area contributed by atoms with Crippen LogP contribution in [0.25, 0.3) is 0 Å². The summed E-state index contributed by atoms with van der Waals surface area (Å²) in [6.45, 7) is 3.28. The van der Waals surface area contributed by atoms with Crippen molar-refractivity contribution < 1.29 is 9.53 Å². The number of hydrogen-bond acceptors (Lipinski definition) is 2. The fourth-order valence-corrected chi connectivity index (χ4v) is 4.25. The highest BCUT2D eigenvalue weighted by Crippen LogP contribution is 2.36. The van der Waals surface area contributed by atoms with Gasteiger partial charge in [-0.2, -0.15) is 0 Å². The van der Waals surface area contributed by atoms with Crippen molar-refractivity contribution in [3.05, 3.63) is 107 Å². The molecule has 0 aromatic heterocycles. The Balaban J connectivity index is 1.71. The van der Waals surface area contributed by atoms with Gasteiger partial charge in [-0.15, -0.1) is 0 Å². The van der Waals surface area contributed by atoms with E-state index in [0.717, 1.165) is 16.7 Å². The van der Waals surface area contributed by atoms with Crippen molar-refractivity contribution in [3.8, 4) is 0 Å². The molecule has 3 aromatic rings. The van der Waals surface area contributed by atoms with Crippen molar-refractivity contribution in [1.29, 1.82) is 0 Å². The van der Waals surface area contributed by atoms with Gasteiger partial charge in [-0.25, -0.2) is 0 Å². The van der Waals surface area contributed by atoms with Gasteiger partial charge in [-0.1, -0.05) is 90.5 Å². The van der Waals surface area contributed by atoms with Gasteiger partial charge in [-0.3, -0.25) is 4.79 Å². The summed E-state index contributed by atoms with van der Waals surface area (Å²) in [4.78, 5) is 13.8. The summed E-state index contributed by atoms with van der Waals surface area (Å²) in [5.74, 6) is 0.0716. The predicted octanol–water partition coefficient (Wildman–Crippen LogP) is 4.95. The lowest BCUT2D eigenvalue weighted by atomic mass is 9.73. The van der Waals surface area contributed by atoms with Crippen molar-refractivity contribution in [2.75, 3.05) is 13.2 Å². The molecule has 0 unspecified atom stereocenters. The van der Waals surface area contributed by atoms with Crippen molar-refractivity contribution in [2.24, 2.45) is 0 Å². The molecule has 0 radical (unpaired) electrons. The summed E-state index contributed by atoms with van der Waals surface area (Å²) in [7, 11) is 0. The Morgan fingerprint density at radius 1 is 0.862 bits per heavy atom. The summed E-state index contributed by atoms with van der Waals surface area (Å²) in [6, 6.07) is 28.5. The number of ether oxygens (including phenoxy) is 1. The Bertz CT molecular complexity index is 947. The Labute approximate surface area is 172 Å². The Morgan fingerprint density at radius 3 is 2.14 bits per heavy atom. The fraction of sp³-hybridized carbons (Fsp3) is 0.269. The van der Waals surface area contributed by atoms with Crippen LogP contribution in [0.3, 0.4) is 0 Å². The monoisotopic (exact) mass is 385 g/mol. The molecule has 1 N–H and O–H groups in total. The van der Waals surface area contributed by atoms with Gasteiger partial charge in [0, 0.05) is 13.2 Å². The topological polar surface area (TPSA) is 38.3 Å². The van der Waals surface area contributed by atoms with Gasteiger partial charge in [-0.05, 0) is 36.5 Å². The molecule has 1 fully saturated rings. The van der Waals surface area contributed by atoms with Crippen LogP contribution in [0.2, 0.25) is 0 Å².